The number of carbonyl (C=O) groups excluding carboxylic acids is 4. The standard InChI is InChI=1S/C42H37ClN4O5S/c1-20-15-23(16-21(2)36(20)48)35-26-12-13-27-34(40(51)46(38(27)49)25-9-7-6-8-10-25)29(26)18-30-39(50)47(41(52)42(30,35)4)33-19-31(44-45(33)5)37-22(3)28-17-24(43)11-14-32(28)53-37/h6-12,14-17,19,27,29-30,34-35,48H,13,18H2,1-5H3. The van der Waals surface area contributed by atoms with E-state index in [1.54, 1.807) is 53.4 Å². The fourth-order valence-corrected chi connectivity index (χ4v) is 11.1. The number of aromatic hydroxyl groups is 1. The van der Waals surface area contributed by atoms with Crippen LogP contribution < -0.4 is 9.80 Å². The molecule has 4 heterocycles. The van der Waals surface area contributed by atoms with Crippen LogP contribution in [0.2, 0.25) is 5.02 Å². The molecular formula is C42H37ClN4O5S. The van der Waals surface area contributed by atoms with E-state index in [1.807, 2.05) is 70.2 Å². The maximum atomic E-state index is 15.1. The van der Waals surface area contributed by atoms with E-state index in [1.165, 1.54) is 9.80 Å². The second-order valence-corrected chi connectivity index (χ2v) is 16.7. The van der Waals surface area contributed by atoms with Gasteiger partial charge in [0.15, 0.2) is 0 Å². The summed E-state index contributed by atoms with van der Waals surface area (Å²) < 4.78 is 2.65. The van der Waals surface area contributed by atoms with Crippen LogP contribution >= 0.6 is 22.9 Å². The van der Waals surface area contributed by atoms with Crippen LogP contribution in [0.3, 0.4) is 0 Å². The Hall–Kier alpha value is -5.06. The summed E-state index contributed by atoms with van der Waals surface area (Å²) in [5.41, 5.74) is 3.98. The molecule has 2 aromatic heterocycles. The molecule has 6 atom stereocenters. The van der Waals surface area contributed by atoms with Gasteiger partial charge in [0.05, 0.1) is 33.7 Å². The summed E-state index contributed by atoms with van der Waals surface area (Å²) in [6.07, 6.45) is 2.66. The number of aromatic nitrogens is 2. The summed E-state index contributed by atoms with van der Waals surface area (Å²) in [5.74, 6) is -3.68. The molecule has 268 valence electrons. The second kappa shape index (κ2) is 11.7. The number of hydrogen-bond acceptors (Lipinski definition) is 7. The SMILES string of the molecule is Cc1cc(C2C3=CCC4C(=O)N(c5ccccc5)C(=O)C4C3CC3C(=O)N(c4cc(-c5sc6ccc(Cl)cc6c5C)nn4C)C(=O)C32C)cc(C)c1O. The Balaban J connectivity index is 1.17. The van der Waals surface area contributed by atoms with Crippen molar-refractivity contribution in [2.75, 3.05) is 9.80 Å². The van der Waals surface area contributed by atoms with Gasteiger partial charge in [-0.3, -0.25) is 28.8 Å². The van der Waals surface area contributed by atoms with E-state index in [9.17, 15) is 19.5 Å². The van der Waals surface area contributed by atoms with Crippen LogP contribution in [0.1, 0.15) is 47.9 Å². The molecule has 4 amide bonds. The molecule has 0 spiro atoms. The van der Waals surface area contributed by atoms with Gasteiger partial charge in [0.1, 0.15) is 17.3 Å². The van der Waals surface area contributed by atoms with Crippen LogP contribution in [-0.2, 0) is 26.2 Å². The first-order chi connectivity index (χ1) is 25.3. The third kappa shape index (κ3) is 4.64. The van der Waals surface area contributed by atoms with E-state index < -0.39 is 35.0 Å². The average Bonchev–Trinajstić information content (AvgIpc) is 3.80. The number of benzene rings is 3. The number of nitrogens with zero attached hydrogens (tertiary/aromatic N) is 4. The van der Waals surface area contributed by atoms with Crippen molar-refractivity contribution in [2.24, 2.45) is 36.1 Å². The largest absolute Gasteiger partial charge is 0.507 e. The summed E-state index contributed by atoms with van der Waals surface area (Å²) in [6, 6.07) is 20.3. The van der Waals surface area contributed by atoms with Gasteiger partial charge in [0.25, 0.3) is 0 Å². The van der Waals surface area contributed by atoms with Crippen molar-refractivity contribution in [3.8, 4) is 16.3 Å². The van der Waals surface area contributed by atoms with Crippen LogP contribution in [0.15, 0.2) is 78.4 Å². The maximum absolute atomic E-state index is 15.1. The van der Waals surface area contributed by atoms with Crippen molar-refractivity contribution in [1.82, 2.24) is 9.78 Å². The number of amides is 4. The van der Waals surface area contributed by atoms with Crippen LogP contribution in [0.25, 0.3) is 20.7 Å². The first kappa shape index (κ1) is 33.8. The number of phenols is 1. The van der Waals surface area contributed by atoms with E-state index >= 15 is 4.79 Å². The molecule has 1 N–H and O–H groups in total. The van der Waals surface area contributed by atoms with E-state index in [0.29, 0.717) is 39.8 Å². The number of phenolic OH excluding ortho intramolecular Hbond substituents is 1. The number of rotatable bonds is 4. The molecule has 0 radical (unpaired) electrons. The van der Waals surface area contributed by atoms with Gasteiger partial charge in [0, 0.05) is 28.8 Å². The molecule has 9 nitrogen and oxygen atoms in total. The smallest absolute Gasteiger partial charge is 0.242 e. The summed E-state index contributed by atoms with van der Waals surface area (Å²) in [4.78, 5) is 61.8. The molecule has 2 aliphatic heterocycles. The highest BCUT2D eigenvalue weighted by Gasteiger charge is 2.68. The Bertz CT molecular complexity index is 2460. The molecule has 1 saturated carbocycles. The van der Waals surface area contributed by atoms with Gasteiger partial charge in [-0.1, -0.05) is 53.6 Å². The first-order valence-electron chi connectivity index (χ1n) is 17.9. The molecule has 9 rings (SSSR count). The quantitative estimate of drug-likeness (QED) is 0.147. The first-order valence-corrected chi connectivity index (χ1v) is 19.0. The third-order valence-corrected chi connectivity index (χ3v) is 13.9. The highest BCUT2D eigenvalue weighted by Crippen LogP contribution is 2.64. The van der Waals surface area contributed by atoms with Crippen molar-refractivity contribution in [2.45, 2.75) is 46.5 Å². The number of fused-ring (bicyclic) bond motifs is 5. The van der Waals surface area contributed by atoms with Gasteiger partial charge in [0.2, 0.25) is 23.6 Å². The van der Waals surface area contributed by atoms with Gasteiger partial charge in [-0.2, -0.15) is 5.10 Å². The number of para-hydroxylation sites is 1. The number of imide groups is 2. The summed E-state index contributed by atoms with van der Waals surface area (Å²) in [5, 5.41) is 17.3. The molecule has 6 unspecified atom stereocenters. The van der Waals surface area contributed by atoms with Gasteiger partial charge in [-0.25, -0.2) is 4.90 Å². The van der Waals surface area contributed by atoms with E-state index in [-0.39, 0.29) is 35.8 Å². The monoisotopic (exact) mass is 744 g/mol. The minimum atomic E-state index is -1.22. The van der Waals surface area contributed by atoms with Crippen LogP contribution in [0, 0.1) is 49.9 Å². The van der Waals surface area contributed by atoms with Gasteiger partial charge in [-0.05, 0) is 104 Å². The zero-order valence-corrected chi connectivity index (χ0v) is 31.5. The summed E-state index contributed by atoms with van der Waals surface area (Å²) >= 11 is 7.90. The summed E-state index contributed by atoms with van der Waals surface area (Å²) in [6.45, 7) is 7.54. The maximum Gasteiger partial charge on any atom is 0.242 e. The number of anilines is 2. The van der Waals surface area contributed by atoms with Gasteiger partial charge >= 0.3 is 0 Å². The average molecular weight is 745 g/mol. The molecule has 4 aliphatic rings. The number of allylic oxidation sites excluding steroid dienone is 2. The topological polar surface area (TPSA) is 113 Å². The molecule has 2 aliphatic carbocycles. The van der Waals surface area contributed by atoms with E-state index in [4.69, 9.17) is 16.7 Å². The zero-order chi connectivity index (χ0) is 37.2. The van der Waals surface area contributed by atoms with Crippen LogP contribution in [0.4, 0.5) is 11.5 Å². The number of thiophene rings is 1. The van der Waals surface area contributed by atoms with Crippen molar-refractivity contribution < 1.29 is 24.3 Å². The Morgan fingerprint density at radius 1 is 0.887 bits per heavy atom. The summed E-state index contributed by atoms with van der Waals surface area (Å²) in [7, 11) is 1.74. The minimum absolute atomic E-state index is 0.173. The molecule has 0 bridgehead atoms. The van der Waals surface area contributed by atoms with Crippen molar-refractivity contribution >= 4 is 68.2 Å². The van der Waals surface area contributed by atoms with E-state index in [0.717, 1.165) is 31.7 Å². The Morgan fingerprint density at radius 3 is 2.32 bits per heavy atom. The molecular weight excluding hydrogens is 708 g/mol. The Labute approximate surface area is 315 Å². The highest BCUT2D eigenvalue weighted by atomic mass is 35.5. The normalized spacial score (nSPS) is 26.7. The molecule has 11 heteroatoms. The molecule has 53 heavy (non-hydrogen) atoms. The van der Waals surface area contributed by atoms with Crippen molar-refractivity contribution in [3.63, 3.8) is 0 Å². The van der Waals surface area contributed by atoms with Crippen LogP contribution in [-0.4, -0.2) is 38.5 Å². The Morgan fingerprint density at radius 2 is 1.60 bits per heavy atom. The molecule has 3 aromatic carbocycles. The van der Waals surface area contributed by atoms with Gasteiger partial charge < -0.3 is 5.11 Å². The Kier molecular flexibility index (Phi) is 7.46. The van der Waals surface area contributed by atoms with Crippen LogP contribution in [0.5, 0.6) is 5.75 Å². The van der Waals surface area contributed by atoms with E-state index in [2.05, 4.69) is 0 Å². The zero-order valence-electron chi connectivity index (χ0n) is 29.9. The highest BCUT2D eigenvalue weighted by molar-refractivity contribution is 7.22. The molecule has 2 saturated heterocycles. The number of halogens is 1. The third-order valence-electron chi connectivity index (χ3n) is 12.4. The van der Waals surface area contributed by atoms with Crippen molar-refractivity contribution in [1.29, 1.82) is 0 Å². The molecule has 5 aromatic rings. The minimum Gasteiger partial charge on any atom is -0.507 e. The predicted molar refractivity (Wildman–Crippen MR) is 205 cm³/mol. The number of aryl methyl sites for hydroxylation is 4. The second-order valence-electron chi connectivity index (χ2n) is 15.2. The fourth-order valence-electron chi connectivity index (χ4n) is 9.82. The lowest BCUT2D eigenvalue weighted by molar-refractivity contribution is -0.131. The van der Waals surface area contributed by atoms with Crippen molar-refractivity contribution in [3.05, 3.63) is 106 Å². The number of hydrogen-bond donors (Lipinski definition) is 1. The van der Waals surface area contributed by atoms with Gasteiger partial charge in [-0.15, -0.1) is 11.3 Å². The lowest BCUT2D eigenvalue weighted by Crippen LogP contribution is -2.49. The fraction of sp³-hybridized carbons (Fsp3) is 0.310. The number of carbonyl (C=O) groups is 4. The lowest BCUT2D eigenvalue weighted by Gasteiger charge is -2.49. The predicted octanol–water partition coefficient (Wildman–Crippen LogP) is 8.02. The molecule has 3 fully saturated rings. The lowest BCUT2D eigenvalue weighted by atomic mass is 9.51.